The smallest absolute Gasteiger partial charge is 0.0712 e. The average Bonchev–Trinajstić information content (AvgIpc) is 3.21. The highest BCUT2D eigenvalue weighted by Crippen LogP contribution is 2.43. The van der Waals surface area contributed by atoms with E-state index in [1.807, 2.05) is 6.20 Å². The second-order valence-corrected chi connectivity index (χ2v) is 14.0. The summed E-state index contributed by atoms with van der Waals surface area (Å²) >= 11 is 0. The second-order valence-electron chi connectivity index (χ2n) is 14.0. The summed E-state index contributed by atoms with van der Waals surface area (Å²) in [6.45, 7) is 4.43. The fourth-order valence-electron chi connectivity index (χ4n) is 7.73. The van der Waals surface area contributed by atoms with Crippen LogP contribution >= 0.6 is 0 Å². The lowest BCUT2D eigenvalue weighted by atomic mass is 9.80. The Kier molecular flexibility index (Phi) is 7.86. The molecule has 1 atom stereocenters. The monoisotopic (exact) mass is 654 g/mol. The van der Waals surface area contributed by atoms with E-state index in [-0.39, 0.29) is 5.92 Å². The predicted molar refractivity (Wildman–Crippen MR) is 216 cm³/mol. The molecule has 0 N–H and O–H groups in total. The normalized spacial score (nSPS) is 14.6. The molecule has 8 aromatic rings. The molecule has 2 heterocycles. The van der Waals surface area contributed by atoms with Crippen molar-refractivity contribution in [3.05, 3.63) is 192 Å². The Labute approximate surface area is 299 Å². The molecule has 1 aliphatic carbocycles. The summed E-state index contributed by atoms with van der Waals surface area (Å²) in [6, 6.07) is 54.9. The zero-order valence-electron chi connectivity index (χ0n) is 28.9. The number of allylic oxidation sites excluding steroid dienone is 4. The molecule has 2 aromatic heterocycles. The van der Waals surface area contributed by atoms with Gasteiger partial charge in [0.05, 0.1) is 11.4 Å². The van der Waals surface area contributed by atoms with Crippen LogP contribution in [0.15, 0.2) is 170 Å². The quantitative estimate of drug-likeness (QED) is 0.167. The third-order valence-electron chi connectivity index (χ3n) is 10.4. The third kappa shape index (κ3) is 5.83. The van der Waals surface area contributed by atoms with Crippen molar-refractivity contribution in [1.82, 2.24) is 9.97 Å². The van der Waals surface area contributed by atoms with E-state index in [0.717, 1.165) is 34.6 Å². The minimum atomic E-state index is 0.146. The highest BCUT2D eigenvalue weighted by atomic mass is 14.7. The van der Waals surface area contributed by atoms with E-state index in [4.69, 9.17) is 9.97 Å². The molecular formula is C49H38N2. The molecule has 0 radical (unpaired) electrons. The van der Waals surface area contributed by atoms with Crippen LogP contribution in [0.3, 0.4) is 0 Å². The van der Waals surface area contributed by atoms with Crippen molar-refractivity contribution in [3.8, 4) is 22.5 Å². The number of benzene rings is 6. The van der Waals surface area contributed by atoms with E-state index in [2.05, 4.69) is 178 Å². The van der Waals surface area contributed by atoms with Crippen molar-refractivity contribution in [2.75, 3.05) is 0 Å². The van der Waals surface area contributed by atoms with E-state index < -0.39 is 0 Å². The van der Waals surface area contributed by atoms with Gasteiger partial charge in [0.1, 0.15) is 0 Å². The molecule has 0 aliphatic heterocycles. The van der Waals surface area contributed by atoms with Crippen molar-refractivity contribution in [1.29, 1.82) is 0 Å². The summed E-state index contributed by atoms with van der Waals surface area (Å²) in [5.74, 6) is 0.498. The Hall–Kier alpha value is -6.12. The summed E-state index contributed by atoms with van der Waals surface area (Å²) in [6.07, 6.45) is 7.76. The average molecular weight is 655 g/mol. The largest absolute Gasteiger partial charge is 0.261 e. The molecule has 0 spiro atoms. The molecule has 2 heteroatoms. The predicted octanol–water partition coefficient (Wildman–Crippen LogP) is 13.0. The lowest BCUT2D eigenvalue weighted by molar-refractivity contribution is 0.819. The van der Waals surface area contributed by atoms with Crippen LogP contribution in [0.2, 0.25) is 0 Å². The molecule has 0 fully saturated rings. The Morgan fingerprint density at radius 3 is 1.65 bits per heavy atom. The molecule has 9 rings (SSSR count). The second kappa shape index (κ2) is 13.0. The van der Waals surface area contributed by atoms with Crippen molar-refractivity contribution in [3.63, 3.8) is 0 Å². The zero-order valence-corrected chi connectivity index (χ0v) is 28.9. The first-order chi connectivity index (χ1) is 25.1. The maximum Gasteiger partial charge on any atom is 0.0712 e. The topological polar surface area (TPSA) is 25.8 Å². The Bertz CT molecular complexity index is 2540. The lowest BCUT2D eigenvalue weighted by Crippen LogP contribution is -2.06. The summed E-state index contributed by atoms with van der Waals surface area (Å²) < 4.78 is 0. The standard InChI is InChI=1S/C49H38N2/c1-32(2)47-29-36(23-24-50-47)38-25-37(35-21-22-45-43-19-10-9-17-41(43)42-18-11-12-20-44(42)46(45)28-35)26-39(27-38)40-30-48(33-13-5-3-6-14-33)51-49(31-40)34-15-7-4-8-16-34/h3-26,28-32,39H,27H2,1-2H3. The van der Waals surface area contributed by atoms with Gasteiger partial charge in [-0.2, -0.15) is 0 Å². The Morgan fingerprint density at radius 2 is 1.06 bits per heavy atom. The molecule has 1 unspecified atom stereocenters. The number of rotatable bonds is 6. The van der Waals surface area contributed by atoms with E-state index in [0.29, 0.717) is 5.92 Å². The highest BCUT2D eigenvalue weighted by molar-refractivity contribution is 6.25. The van der Waals surface area contributed by atoms with Crippen LogP contribution < -0.4 is 0 Å². The highest BCUT2D eigenvalue weighted by Gasteiger charge is 2.22. The van der Waals surface area contributed by atoms with Crippen LogP contribution in [0.5, 0.6) is 0 Å². The fraction of sp³-hybridized carbons (Fsp3) is 0.102. The van der Waals surface area contributed by atoms with Crippen molar-refractivity contribution >= 4 is 43.5 Å². The van der Waals surface area contributed by atoms with E-state index in [1.165, 1.54) is 60.2 Å². The van der Waals surface area contributed by atoms with Crippen molar-refractivity contribution in [2.24, 2.45) is 0 Å². The molecule has 0 amide bonds. The number of nitrogens with zero attached hydrogens (tertiary/aromatic N) is 2. The first-order valence-electron chi connectivity index (χ1n) is 17.9. The maximum absolute atomic E-state index is 5.20. The number of hydrogen-bond donors (Lipinski definition) is 0. The van der Waals surface area contributed by atoms with Crippen LogP contribution in [-0.2, 0) is 0 Å². The van der Waals surface area contributed by atoms with Gasteiger partial charge in [0, 0.05) is 28.9 Å². The molecule has 51 heavy (non-hydrogen) atoms. The number of fused-ring (bicyclic) bond motifs is 6. The SMILES string of the molecule is CC(C)c1cc(C2=CC(c3ccc4c5ccccc5c5ccccc5c4c3)=CC(c3cc(-c4ccccc4)nc(-c4ccccc4)c3)C2)ccn1. The van der Waals surface area contributed by atoms with E-state index in [9.17, 15) is 0 Å². The van der Waals surface area contributed by atoms with Crippen LogP contribution in [0.1, 0.15) is 54.5 Å². The van der Waals surface area contributed by atoms with Gasteiger partial charge in [-0.25, -0.2) is 4.98 Å². The Morgan fingerprint density at radius 1 is 0.510 bits per heavy atom. The summed E-state index contributed by atoms with van der Waals surface area (Å²) in [5, 5.41) is 7.74. The zero-order chi connectivity index (χ0) is 34.3. The van der Waals surface area contributed by atoms with Gasteiger partial charge in [-0.05, 0) is 103 Å². The summed E-state index contributed by atoms with van der Waals surface area (Å²) in [4.78, 5) is 9.91. The number of hydrogen-bond acceptors (Lipinski definition) is 2. The maximum atomic E-state index is 5.20. The van der Waals surface area contributed by atoms with Gasteiger partial charge in [-0.15, -0.1) is 0 Å². The minimum Gasteiger partial charge on any atom is -0.261 e. The van der Waals surface area contributed by atoms with Gasteiger partial charge in [0.25, 0.3) is 0 Å². The number of aromatic nitrogens is 2. The van der Waals surface area contributed by atoms with Gasteiger partial charge in [0.15, 0.2) is 0 Å². The Balaban J connectivity index is 1.25. The first-order valence-corrected chi connectivity index (χ1v) is 17.9. The van der Waals surface area contributed by atoms with Gasteiger partial charge in [-0.3, -0.25) is 4.98 Å². The van der Waals surface area contributed by atoms with Crippen molar-refractivity contribution in [2.45, 2.75) is 32.1 Å². The molecule has 1 aliphatic rings. The van der Waals surface area contributed by atoms with Crippen LogP contribution in [0, 0.1) is 0 Å². The fourth-order valence-corrected chi connectivity index (χ4v) is 7.73. The van der Waals surface area contributed by atoms with Crippen molar-refractivity contribution < 1.29 is 0 Å². The molecule has 2 nitrogen and oxygen atoms in total. The van der Waals surface area contributed by atoms with E-state index >= 15 is 0 Å². The van der Waals surface area contributed by atoms with Gasteiger partial charge in [-0.1, -0.05) is 147 Å². The first kappa shape index (κ1) is 30.9. The van der Waals surface area contributed by atoms with Crippen LogP contribution in [-0.4, -0.2) is 9.97 Å². The molecule has 0 saturated carbocycles. The lowest BCUT2D eigenvalue weighted by Gasteiger charge is -2.25. The third-order valence-corrected chi connectivity index (χ3v) is 10.4. The summed E-state index contributed by atoms with van der Waals surface area (Å²) in [7, 11) is 0. The summed E-state index contributed by atoms with van der Waals surface area (Å²) in [5.41, 5.74) is 11.6. The molecule has 244 valence electrons. The molecular weight excluding hydrogens is 617 g/mol. The van der Waals surface area contributed by atoms with E-state index in [1.54, 1.807) is 0 Å². The van der Waals surface area contributed by atoms with Crippen LogP contribution in [0.4, 0.5) is 0 Å². The molecule has 6 aromatic carbocycles. The molecule has 0 bridgehead atoms. The minimum absolute atomic E-state index is 0.146. The van der Waals surface area contributed by atoms with Gasteiger partial charge in [0.2, 0.25) is 0 Å². The van der Waals surface area contributed by atoms with Gasteiger partial charge >= 0.3 is 0 Å². The van der Waals surface area contributed by atoms with Crippen LogP contribution in [0.25, 0.3) is 66.0 Å². The van der Waals surface area contributed by atoms with Gasteiger partial charge < -0.3 is 0 Å². The number of pyridine rings is 2. The molecule has 0 saturated heterocycles.